The number of hydrogen-bond donors (Lipinski definition) is 6. The number of allylic oxidation sites excluding steroid dienone is 12. The van der Waals surface area contributed by atoms with Crippen LogP contribution in [0.1, 0.15) is 386 Å². The molecule has 9 heteroatoms. The molecular formula is C82H151NO8. The van der Waals surface area contributed by atoms with Crippen molar-refractivity contribution in [1.29, 1.82) is 0 Å². The van der Waals surface area contributed by atoms with Crippen LogP contribution >= 0.6 is 0 Å². The molecule has 0 aromatic rings. The first kappa shape index (κ1) is 86.6. The van der Waals surface area contributed by atoms with Gasteiger partial charge in [0.2, 0.25) is 5.91 Å². The van der Waals surface area contributed by atoms with Gasteiger partial charge in [-0.25, -0.2) is 0 Å². The van der Waals surface area contributed by atoms with Gasteiger partial charge in [0.1, 0.15) is 24.4 Å². The zero-order valence-corrected chi connectivity index (χ0v) is 59.9. The molecule has 6 N–H and O–H groups in total. The molecule has 0 aromatic heterocycles. The second-order valence-electron chi connectivity index (χ2n) is 27.5. The van der Waals surface area contributed by atoms with Gasteiger partial charge in [0.15, 0.2) is 6.29 Å². The summed E-state index contributed by atoms with van der Waals surface area (Å²) >= 11 is 0. The molecule has 9 nitrogen and oxygen atoms in total. The summed E-state index contributed by atoms with van der Waals surface area (Å²) in [7, 11) is 0. The highest BCUT2D eigenvalue weighted by atomic mass is 16.7. The number of hydrogen-bond acceptors (Lipinski definition) is 8. The van der Waals surface area contributed by atoms with E-state index >= 15 is 0 Å². The van der Waals surface area contributed by atoms with Crippen molar-refractivity contribution >= 4 is 5.91 Å². The Labute approximate surface area is 563 Å². The molecule has 7 atom stereocenters. The predicted molar refractivity (Wildman–Crippen MR) is 392 cm³/mol. The third kappa shape index (κ3) is 58.7. The van der Waals surface area contributed by atoms with Crippen molar-refractivity contribution in [2.75, 3.05) is 13.2 Å². The number of carbonyl (C=O) groups is 1. The van der Waals surface area contributed by atoms with E-state index in [-0.39, 0.29) is 12.5 Å². The maximum atomic E-state index is 13.2. The van der Waals surface area contributed by atoms with Gasteiger partial charge in [0.25, 0.3) is 0 Å². The number of carbonyl (C=O) groups excluding carboxylic acids is 1. The average molecular weight is 1280 g/mol. The Morgan fingerprint density at radius 3 is 1.01 bits per heavy atom. The van der Waals surface area contributed by atoms with E-state index in [9.17, 15) is 30.3 Å². The summed E-state index contributed by atoms with van der Waals surface area (Å²) in [5, 5.41) is 55.1. The monoisotopic (exact) mass is 1280 g/mol. The van der Waals surface area contributed by atoms with Gasteiger partial charge in [-0.15, -0.1) is 0 Å². The van der Waals surface area contributed by atoms with Gasteiger partial charge in [-0.3, -0.25) is 4.79 Å². The van der Waals surface area contributed by atoms with Crippen LogP contribution < -0.4 is 5.32 Å². The van der Waals surface area contributed by atoms with Gasteiger partial charge in [-0.1, -0.05) is 389 Å². The molecule has 532 valence electrons. The van der Waals surface area contributed by atoms with Crippen LogP contribution in [0, 0.1) is 0 Å². The maximum Gasteiger partial charge on any atom is 0.220 e. The van der Waals surface area contributed by atoms with Crippen molar-refractivity contribution < 1.29 is 39.8 Å². The number of nitrogens with one attached hydrogen (secondary N) is 1. The molecular weight excluding hydrogens is 1130 g/mol. The van der Waals surface area contributed by atoms with Gasteiger partial charge in [-0.05, 0) is 64.2 Å². The summed E-state index contributed by atoms with van der Waals surface area (Å²) < 4.78 is 11.4. The van der Waals surface area contributed by atoms with Crippen LogP contribution in [-0.4, -0.2) is 87.5 Å². The maximum absolute atomic E-state index is 13.2. The minimum atomic E-state index is -1.56. The Kier molecular flexibility index (Phi) is 67.1. The molecule has 1 aliphatic heterocycles. The molecule has 1 saturated heterocycles. The molecule has 0 aromatic carbocycles. The fourth-order valence-corrected chi connectivity index (χ4v) is 12.7. The molecule has 0 aliphatic carbocycles. The Hall–Kier alpha value is -2.37. The molecule has 7 unspecified atom stereocenters. The van der Waals surface area contributed by atoms with Gasteiger partial charge in [0.05, 0.1) is 25.4 Å². The quantitative estimate of drug-likeness (QED) is 0.0261. The van der Waals surface area contributed by atoms with Crippen molar-refractivity contribution in [2.24, 2.45) is 0 Å². The highest BCUT2D eigenvalue weighted by molar-refractivity contribution is 5.76. The van der Waals surface area contributed by atoms with E-state index in [1.54, 1.807) is 0 Å². The number of aliphatic hydroxyl groups is 5. The number of aliphatic hydroxyl groups excluding tert-OH is 5. The molecule has 0 saturated carbocycles. The van der Waals surface area contributed by atoms with Crippen molar-refractivity contribution in [3.8, 4) is 0 Å². The molecule has 0 radical (unpaired) electrons. The van der Waals surface area contributed by atoms with Crippen molar-refractivity contribution in [3.05, 3.63) is 72.9 Å². The topological polar surface area (TPSA) is 149 Å². The molecule has 1 rings (SSSR count). The lowest BCUT2D eigenvalue weighted by molar-refractivity contribution is -0.302. The second-order valence-corrected chi connectivity index (χ2v) is 27.5. The van der Waals surface area contributed by atoms with Crippen molar-refractivity contribution in [3.63, 3.8) is 0 Å². The Morgan fingerprint density at radius 2 is 0.681 bits per heavy atom. The third-order valence-corrected chi connectivity index (χ3v) is 18.8. The standard InChI is InChI=1S/C82H151NO8/c1-3-5-7-9-11-13-15-17-19-21-23-25-27-29-31-33-35-36-37-38-39-40-42-44-46-48-50-52-54-56-58-60-62-64-66-68-70-72-78(86)83-75(74-90-82-81(89)80(88)79(87)77(73-84)91-82)76(85)71-69-67-65-63-61-59-57-55-53-51-49-47-45-43-41-34-32-30-28-26-24-22-20-18-16-14-12-10-8-6-4-2/h5,7,11,13,17,19,23,25,29,31,35-36,75-77,79-82,84-85,87-89H,3-4,6,8-10,12,14-16,18,20-22,24,26-28,30,32-34,37-74H2,1-2H3,(H,83,86)/b7-5-,13-11-,19-17-,25-23-,31-29-,36-35-. The smallest absolute Gasteiger partial charge is 0.220 e. The lowest BCUT2D eigenvalue weighted by Gasteiger charge is -2.40. The van der Waals surface area contributed by atoms with E-state index in [2.05, 4.69) is 92.1 Å². The van der Waals surface area contributed by atoms with E-state index in [1.807, 2.05) is 0 Å². The first-order chi connectivity index (χ1) is 44.8. The molecule has 91 heavy (non-hydrogen) atoms. The summed E-state index contributed by atoms with van der Waals surface area (Å²) in [4.78, 5) is 13.2. The van der Waals surface area contributed by atoms with Crippen LogP contribution in [0.15, 0.2) is 72.9 Å². The van der Waals surface area contributed by atoms with Crippen molar-refractivity contribution in [2.45, 2.75) is 429 Å². The van der Waals surface area contributed by atoms with Gasteiger partial charge in [-0.2, -0.15) is 0 Å². The summed E-state index contributed by atoms with van der Waals surface area (Å²) in [6.45, 7) is 3.78. The van der Waals surface area contributed by atoms with E-state index in [0.717, 1.165) is 77.0 Å². The average Bonchev–Trinajstić information content (AvgIpc) is 1.70. The first-order valence-corrected chi connectivity index (χ1v) is 39.6. The highest BCUT2D eigenvalue weighted by Crippen LogP contribution is 2.24. The molecule has 1 aliphatic rings. The minimum Gasteiger partial charge on any atom is -0.394 e. The number of unbranched alkanes of at least 4 members (excludes halogenated alkanes) is 48. The van der Waals surface area contributed by atoms with E-state index in [0.29, 0.717) is 12.8 Å². The van der Waals surface area contributed by atoms with E-state index in [4.69, 9.17) is 9.47 Å². The Morgan fingerprint density at radius 1 is 0.385 bits per heavy atom. The fraction of sp³-hybridized carbons (Fsp3) is 0.841. The Bertz CT molecular complexity index is 1670. The van der Waals surface area contributed by atoms with Crippen LogP contribution in [-0.2, 0) is 14.3 Å². The van der Waals surface area contributed by atoms with Crippen LogP contribution in [0.2, 0.25) is 0 Å². The summed E-state index contributed by atoms with van der Waals surface area (Å²) in [6, 6.07) is -0.723. The van der Waals surface area contributed by atoms with Crippen LogP contribution in [0.4, 0.5) is 0 Å². The largest absolute Gasteiger partial charge is 0.394 e. The van der Waals surface area contributed by atoms with E-state index < -0.39 is 49.5 Å². The zero-order chi connectivity index (χ0) is 65.7. The highest BCUT2D eigenvalue weighted by Gasteiger charge is 2.44. The van der Waals surface area contributed by atoms with Crippen molar-refractivity contribution in [1.82, 2.24) is 5.32 Å². The lowest BCUT2D eigenvalue weighted by Crippen LogP contribution is -2.60. The lowest BCUT2D eigenvalue weighted by atomic mass is 9.99. The zero-order valence-electron chi connectivity index (χ0n) is 59.9. The molecule has 1 amide bonds. The number of ether oxygens (including phenoxy) is 2. The van der Waals surface area contributed by atoms with Crippen LogP contribution in [0.3, 0.4) is 0 Å². The second kappa shape index (κ2) is 70.4. The van der Waals surface area contributed by atoms with Crippen LogP contribution in [0.5, 0.6) is 0 Å². The van der Waals surface area contributed by atoms with Gasteiger partial charge >= 0.3 is 0 Å². The third-order valence-electron chi connectivity index (χ3n) is 18.8. The molecule has 0 spiro atoms. The number of amides is 1. The first-order valence-electron chi connectivity index (χ1n) is 39.6. The summed E-state index contributed by atoms with van der Waals surface area (Å²) in [5.41, 5.74) is 0. The minimum absolute atomic E-state index is 0.136. The van der Waals surface area contributed by atoms with Gasteiger partial charge < -0.3 is 40.3 Å². The summed E-state index contributed by atoms with van der Waals surface area (Å²) in [5.74, 6) is -0.138. The Balaban J connectivity index is 2.06. The fourth-order valence-electron chi connectivity index (χ4n) is 12.7. The molecule has 1 fully saturated rings. The molecule has 0 bridgehead atoms. The van der Waals surface area contributed by atoms with Crippen LogP contribution in [0.25, 0.3) is 0 Å². The van der Waals surface area contributed by atoms with E-state index in [1.165, 1.54) is 283 Å². The predicted octanol–water partition coefficient (Wildman–Crippen LogP) is 22.7. The number of rotatable bonds is 70. The van der Waals surface area contributed by atoms with Gasteiger partial charge in [0, 0.05) is 6.42 Å². The SMILES string of the molecule is CC/C=C\C/C=C\C/C=C\C/C=C\C/C=C\C/C=C\CCCCCCCCCCCCCCCCCCCCC(=O)NC(COC1OC(CO)C(O)C(O)C1O)C(O)CCCCCCCCCCCCCCCCCCCCCCCCCCCCCCCCC. The normalized spacial score (nSPS) is 18.1. The molecule has 1 heterocycles. The summed E-state index contributed by atoms with van der Waals surface area (Å²) in [6.07, 6.45) is 92.9.